The molecule has 0 amide bonds. The number of hydrogen-bond acceptors (Lipinski definition) is 4. The van der Waals surface area contributed by atoms with Crippen LogP contribution in [0.2, 0.25) is 5.02 Å². The fourth-order valence-corrected chi connectivity index (χ4v) is 1.56. The Balaban J connectivity index is 2.35. The molecule has 94 valence electrons. The van der Waals surface area contributed by atoms with Crippen LogP contribution in [0.1, 0.15) is 0 Å². The molecule has 1 heterocycles. The van der Waals surface area contributed by atoms with Gasteiger partial charge in [-0.2, -0.15) is 0 Å². The molecular formula is C13H12ClNO3. The maximum absolute atomic E-state index is 5.76. The van der Waals surface area contributed by atoms with Crippen molar-refractivity contribution in [3.8, 4) is 23.1 Å². The van der Waals surface area contributed by atoms with Crippen LogP contribution < -0.4 is 14.2 Å². The summed E-state index contributed by atoms with van der Waals surface area (Å²) < 4.78 is 16.1. The zero-order valence-electron chi connectivity index (χ0n) is 10.0. The second-order valence-corrected chi connectivity index (χ2v) is 3.84. The van der Waals surface area contributed by atoms with E-state index in [1.54, 1.807) is 38.5 Å². The first kappa shape index (κ1) is 12.5. The first-order chi connectivity index (χ1) is 8.74. The SMILES string of the molecule is COc1cccc(OC)c1Oc1ccc(Cl)cn1. The Morgan fingerprint density at radius 3 is 2.17 bits per heavy atom. The number of ether oxygens (including phenoxy) is 3. The van der Waals surface area contributed by atoms with Crippen molar-refractivity contribution in [1.29, 1.82) is 0 Å². The summed E-state index contributed by atoms with van der Waals surface area (Å²) in [4.78, 5) is 4.06. The monoisotopic (exact) mass is 265 g/mol. The molecule has 0 aliphatic rings. The van der Waals surface area contributed by atoms with E-state index >= 15 is 0 Å². The summed E-state index contributed by atoms with van der Waals surface area (Å²) in [7, 11) is 3.13. The first-order valence-electron chi connectivity index (χ1n) is 5.25. The summed E-state index contributed by atoms with van der Waals surface area (Å²) in [5.74, 6) is 2.05. The second-order valence-electron chi connectivity index (χ2n) is 3.41. The highest BCUT2D eigenvalue weighted by molar-refractivity contribution is 6.30. The molecule has 0 bridgehead atoms. The lowest BCUT2D eigenvalue weighted by Crippen LogP contribution is -1.95. The van der Waals surface area contributed by atoms with Gasteiger partial charge in [0.2, 0.25) is 11.6 Å². The molecule has 0 atom stereocenters. The van der Waals surface area contributed by atoms with E-state index in [4.69, 9.17) is 25.8 Å². The molecule has 4 nitrogen and oxygen atoms in total. The van der Waals surface area contributed by atoms with Gasteiger partial charge in [0.15, 0.2) is 11.5 Å². The summed E-state index contributed by atoms with van der Waals surface area (Å²) in [5, 5.41) is 0.550. The van der Waals surface area contributed by atoms with Crippen molar-refractivity contribution in [1.82, 2.24) is 4.98 Å². The number of para-hydroxylation sites is 1. The maximum atomic E-state index is 5.76. The van der Waals surface area contributed by atoms with Gasteiger partial charge >= 0.3 is 0 Å². The third-order valence-corrected chi connectivity index (χ3v) is 2.51. The Labute approximate surface area is 110 Å². The first-order valence-corrected chi connectivity index (χ1v) is 5.63. The minimum absolute atomic E-state index is 0.419. The van der Waals surface area contributed by atoms with Crippen molar-refractivity contribution in [2.24, 2.45) is 0 Å². The summed E-state index contributed by atoms with van der Waals surface area (Å²) in [5.41, 5.74) is 0. The second kappa shape index (κ2) is 5.60. The molecule has 2 rings (SSSR count). The van der Waals surface area contributed by atoms with Crippen LogP contribution in [0.5, 0.6) is 23.1 Å². The fourth-order valence-electron chi connectivity index (χ4n) is 1.44. The zero-order chi connectivity index (χ0) is 13.0. The van der Waals surface area contributed by atoms with Gasteiger partial charge in [0.25, 0.3) is 0 Å². The summed E-state index contributed by atoms with van der Waals surface area (Å²) in [6, 6.07) is 8.77. The Morgan fingerprint density at radius 2 is 1.67 bits per heavy atom. The van der Waals surface area contributed by atoms with Gasteiger partial charge in [-0.1, -0.05) is 17.7 Å². The summed E-state index contributed by atoms with van der Waals surface area (Å²) >= 11 is 5.76. The Bertz CT molecular complexity index is 506. The number of hydrogen-bond donors (Lipinski definition) is 0. The minimum Gasteiger partial charge on any atom is -0.493 e. The largest absolute Gasteiger partial charge is 0.493 e. The van der Waals surface area contributed by atoms with Crippen molar-refractivity contribution in [2.45, 2.75) is 0 Å². The minimum atomic E-state index is 0.419. The van der Waals surface area contributed by atoms with Crippen LogP contribution in [0.3, 0.4) is 0 Å². The normalized spacial score (nSPS) is 9.94. The number of aromatic nitrogens is 1. The molecular weight excluding hydrogens is 254 g/mol. The molecule has 1 aromatic carbocycles. The lowest BCUT2D eigenvalue weighted by Gasteiger charge is -2.12. The van der Waals surface area contributed by atoms with Crippen LogP contribution >= 0.6 is 11.6 Å². The van der Waals surface area contributed by atoms with Gasteiger partial charge in [-0.25, -0.2) is 4.98 Å². The number of pyridine rings is 1. The summed E-state index contributed by atoms with van der Waals surface area (Å²) in [6.45, 7) is 0. The molecule has 0 unspecified atom stereocenters. The highest BCUT2D eigenvalue weighted by atomic mass is 35.5. The third kappa shape index (κ3) is 2.65. The van der Waals surface area contributed by atoms with E-state index in [0.29, 0.717) is 28.2 Å². The quantitative estimate of drug-likeness (QED) is 0.848. The van der Waals surface area contributed by atoms with E-state index in [1.807, 2.05) is 6.07 Å². The zero-order valence-corrected chi connectivity index (χ0v) is 10.8. The Kier molecular flexibility index (Phi) is 3.89. The highest BCUT2D eigenvalue weighted by Crippen LogP contribution is 2.39. The summed E-state index contributed by atoms with van der Waals surface area (Å²) in [6.07, 6.45) is 1.51. The van der Waals surface area contributed by atoms with Crippen LogP contribution in [0.25, 0.3) is 0 Å². The van der Waals surface area contributed by atoms with Crippen LogP contribution in [0.4, 0.5) is 0 Å². The van der Waals surface area contributed by atoms with Gasteiger partial charge in [0.05, 0.1) is 19.2 Å². The van der Waals surface area contributed by atoms with E-state index in [2.05, 4.69) is 4.98 Å². The number of rotatable bonds is 4. The maximum Gasteiger partial charge on any atom is 0.219 e. The van der Waals surface area contributed by atoms with Gasteiger partial charge in [0.1, 0.15) is 0 Å². The van der Waals surface area contributed by atoms with Crippen molar-refractivity contribution in [3.05, 3.63) is 41.6 Å². The molecule has 0 saturated carbocycles. The predicted octanol–water partition coefficient (Wildman–Crippen LogP) is 3.54. The topological polar surface area (TPSA) is 40.6 Å². The van der Waals surface area contributed by atoms with E-state index in [-0.39, 0.29) is 0 Å². The van der Waals surface area contributed by atoms with E-state index < -0.39 is 0 Å². The smallest absolute Gasteiger partial charge is 0.219 e. The number of nitrogens with zero attached hydrogens (tertiary/aromatic N) is 1. The highest BCUT2D eigenvalue weighted by Gasteiger charge is 2.12. The van der Waals surface area contributed by atoms with Gasteiger partial charge in [-0.05, 0) is 18.2 Å². The van der Waals surface area contributed by atoms with Gasteiger partial charge in [0, 0.05) is 12.3 Å². The average molecular weight is 266 g/mol. The predicted molar refractivity (Wildman–Crippen MR) is 68.9 cm³/mol. The molecule has 2 aromatic rings. The molecule has 18 heavy (non-hydrogen) atoms. The lowest BCUT2D eigenvalue weighted by atomic mass is 10.3. The van der Waals surface area contributed by atoms with Crippen LogP contribution in [-0.2, 0) is 0 Å². The van der Waals surface area contributed by atoms with Crippen LogP contribution in [0, 0.1) is 0 Å². The van der Waals surface area contributed by atoms with Gasteiger partial charge < -0.3 is 14.2 Å². The van der Waals surface area contributed by atoms with Crippen molar-refractivity contribution < 1.29 is 14.2 Å². The lowest BCUT2D eigenvalue weighted by molar-refractivity contribution is 0.342. The Morgan fingerprint density at radius 1 is 1.00 bits per heavy atom. The number of methoxy groups -OCH3 is 2. The van der Waals surface area contributed by atoms with Crippen molar-refractivity contribution in [2.75, 3.05) is 14.2 Å². The third-order valence-electron chi connectivity index (χ3n) is 2.29. The standard InChI is InChI=1S/C13H12ClNO3/c1-16-10-4-3-5-11(17-2)13(10)18-12-7-6-9(14)8-15-12/h3-8H,1-2H3. The molecule has 0 N–H and O–H groups in total. The average Bonchev–Trinajstić information content (AvgIpc) is 2.41. The Hall–Kier alpha value is -1.94. The molecule has 0 radical (unpaired) electrons. The van der Waals surface area contributed by atoms with Gasteiger partial charge in [-0.15, -0.1) is 0 Å². The molecule has 0 saturated heterocycles. The molecule has 0 aliphatic heterocycles. The van der Waals surface area contributed by atoms with Crippen molar-refractivity contribution >= 4 is 11.6 Å². The van der Waals surface area contributed by atoms with E-state index in [9.17, 15) is 0 Å². The van der Waals surface area contributed by atoms with Crippen LogP contribution in [0.15, 0.2) is 36.5 Å². The molecule has 5 heteroatoms. The number of benzene rings is 1. The van der Waals surface area contributed by atoms with E-state index in [1.165, 1.54) is 6.20 Å². The molecule has 0 fully saturated rings. The molecule has 1 aromatic heterocycles. The molecule has 0 spiro atoms. The van der Waals surface area contributed by atoms with Gasteiger partial charge in [-0.3, -0.25) is 0 Å². The molecule has 0 aliphatic carbocycles. The number of halogens is 1. The van der Waals surface area contributed by atoms with Crippen LogP contribution in [-0.4, -0.2) is 19.2 Å². The van der Waals surface area contributed by atoms with Crippen molar-refractivity contribution in [3.63, 3.8) is 0 Å². The fraction of sp³-hybridized carbons (Fsp3) is 0.154. The van der Waals surface area contributed by atoms with E-state index in [0.717, 1.165) is 0 Å².